The number of anilines is 2. The molecule has 10 heteroatoms. The van der Waals surface area contributed by atoms with Crippen molar-refractivity contribution >= 4 is 50.8 Å². The highest BCUT2D eigenvalue weighted by molar-refractivity contribution is 7.17. The van der Waals surface area contributed by atoms with Gasteiger partial charge in [0.15, 0.2) is 16.6 Å². The standard InChI is InChI=1S/C16H15ClN4O4S/c1-7-12(14(22)25-4)26-16(18-7)21-13-8-5-10(23-2)11(24-3)6-9(8)19-15(17)20-13/h5-6H,1-4H3,(H,18,19,20,21). The predicted octanol–water partition coefficient (Wildman–Crippen LogP) is 3.60. The van der Waals surface area contributed by atoms with Crippen molar-refractivity contribution < 1.29 is 19.0 Å². The first-order valence-electron chi connectivity index (χ1n) is 7.38. The number of ether oxygens (including phenoxy) is 3. The molecule has 0 spiro atoms. The molecule has 0 atom stereocenters. The lowest BCUT2D eigenvalue weighted by Crippen LogP contribution is -1.99. The van der Waals surface area contributed by atoms with Gasteiger partial charge in [-0.1, -0.05) is 11.3 Å². The van der Waals surface area contributed by atoms with E-state index >= 15 is 0 Å². The van der Waals surface area contributed by atoms with Gasteiger partial charge in [0.2, 0.25) is 5.28 Å². The monoisotopic (exact) mass is 394 g/mol. The van der Waals surface area contributed by atoms with E-state index in [1.165, 1.54) is 7.11 Å². The molecule has 0 saturated carbocycles. The molecule has 0 amide bonds. The lowest BCUT2D eigenvalue weighted by Gasteiger charge is -2.11. The van der Waals surface area contributed by atoms with Gasteiger partial charge in [0.05, 0.1) is 32.5 Å². The highest BCUT2D eigenvalue weighted by Gasteiger charge is 2.18. The van der Waals surface area contributed by atoms with Crippen LogP contribution in [0.2, 0.25) is 5.28 Å². The quantitative estimate of drug-likeness (QED) is 0.518. The third-order valence-electron chi connectivity index (χ3n) is 3.57. The number of methoxy groups -OCH3 is 3. The third kappa shape index (κ3) is 3.35. The van der Waals surface area contributed by atoms with Crippen LogP contribution in [0, 0.1) is 6.92 Å². The summed E-state index contributed by atoms with van der Waals surface area (Å²) >= 11 is 7.21. The predicted molar refractivity (Wildman–Crippen MR) is 99.1 cm³/mol. The van der Waals surface area contributed by atoms with E-state index in [9.17, 15) is 4.79 Å². The number of hydrogen-bond acceptors (Lipinski definition) is 9. The number of esters is 1. The molecule has 3 rings (SSSR count). The second kappa shape index (κ2) is 7.30. The number of nitrogens with one attached hydrogen (secondary N) is 1. The van der Waals surface area contributed by atoms with Crippen molar-refractivity contribution in [2.75, 3.05) is 26.6 Å². The normalized spacial score (nSPS) is 10.7. The number of carbonyl (C=O) groups is 1. The van der Waals surface area contributed by atoms with Crippen LogP contribution in [0.25, 0.3) is 10.9 Å². The number of thiazole rings is 1. The van der Waals surface area contributed by atoms with Crippen molar-refractivity contribution in [1.82, 2.24) is 15.0 Å². The summed E-state index contributed by atoms with van der Waals surface area (Å²) < 4.78 is 15.4. The summed E-state index contributed by atoms with van der Waals surface area (Å²) in [7, 11) is 4.41. The summed E-state index contributed by atoms with van der Waals surface area (Å²) in [6, 6.07) is 3.45. The second-order valence-corrected chi connectivity index (χ2v) is 6.45. The summed E-state index contributed by atoms with van der Waals surface area (Å²) in [5.41, 5.74) is 1.14. The van der Waals surface area contributed by atoms with Crippen molar-refractivity contribution in [1.29, 1.82) is 0 Å². The molecule has 8 nitrogen and oxygen atoms in total. The number of fused-ring (bicyclic) bond motifs is 1. The Morgan fingerprint density at radius 1 is 1.12 bits per heavy atom. The molecule has 3 aromatic rings. The van der Waals surface area contributed by atoms with E-state index in [1.54, 1.807) is 33.3 Å². The van der Waals surface area contributed by atoms with Gasteiger partial charge in [-0.2, -0.15) is 4.98 Å². The summed E-state index contributed by atoms with van der Waals surface area (Å²) in [4.78, 5) is 25.0. The first-order valence-corrected chi connectivity index (χ1v) is 8.58. The van der Waals surface area contributed by atoms with Crippen LogP contribution in [-0.2, 0) is 4.74 Å². The highest BCUT2D eigenvalue weighted by Crippen LogP contribution is 2.36. The van der Waals surface area contributed by atoms with Crippen LogP contribution in [0.5, 0.6) is 11.5 Å². The van der Waals surface area contributed by atoms with Crippen LogP contribution in [0.3, 0.4) is 0 Å². The number of carbonyl (C=O) groups excluding carboxylic acids is 1. The van der Waals surface area contributed by atoms with Crippen molar-refractivity contribution in [3.05, 3.63) is 28.0 Å². The molecule has 0 saturated heterocycles. The molecule has 1 aromatic carbocycles. The van der Waals surface area contributed by atoms with Crippen LogP contribution < -0.4 is 14.8 Å². The first-order chi connectivity index (χ1) is 12.5. The van der Waals surface area contributed by atoms with Gasteiger partial charge < -0.3 is 19.5 Å². The number of aryl methyl sites for hydroxylation is 1. The SMILES string of the molecule is COC(=O)c1sc(Nc2nc(Cl)nc3cc(OC)c(OC)cc23)nc1C. The van der Waals surface area contributed by atoms with Crippen molar-refractivity contribution in [2.45, 2.75) is 6.92 Å². The molecule has 0 unspecified atom stereocenters. The van der Waals surface area contributed by atoms with Gasteiger partial charge in [-0.3, -0.25) is 0 Å². The molecule has 0 aliphatic carbocycles. The maximum Gasteiger partial charge on any atom is 0.350 e. The van der Waals surface area contributed by atoms with Gasteiger partial charge in [-0.05, 0) is 24.6 Å². The Labute approximate surface area is 158 Å². The maximum absolute atomic E-state index is 11.8. The van der Waals surface area contributed by atoms with Crippen molar-refractivity contribution in [3.8, 4) is 11.5 Å². The van der Waals surface area contributed by atoms with E-state index in [0.29, 0.717) is 43.9 Å². The molecule has 136 valence electrons. The average molecular weight is 395 g/mol. The zero-order valence-corrected chi connectivity index (χ0v) is 16.0. The highest BCUT2D eigenvalue weighted by atomic mass is 35.5. The van der Waals surface area contributed by atoms with Gasteiger partial charge in [0.25, 0.3) is 0 Å². The first kappa shape index (κ1) is 18.2. The summed E-state index contributed by atoms with van der Waals surface area (Å²) in [5, 5.41) is 4.29. The number of hydrogen-bond donors (Lipinski definition) is 1. The number of rotatable bonds is 5. The molecule has 0 aliphatic rings. The number of aromatic nitrogens is 3. The smallest absolute Gasteiger partial charge is 0.350 e. The van der Waals surface area contributed by atoms with Crippen LogP contribution in [0.15, 0.2) is 12.1 Å². The van der Waals surface area contributed by atoms with E-state index < -0.39 is 5.97 Å². The molecule has 26 heavy (non-hydrogen) atoms. The minimum Gasteiger partial charge on any atom is -0.493 e. The van der Waals surface area contributed by atoms with Crippen LogP contribution in [-0.4, -0.2) is 42.3 Å². The van der Waals surface area contributed by atoms with Gasteiger partial charge in [-0.15, -0.1) is 0 Å². The maximum atomic E-state index is 11.8. The third-order valence-corrected chi connectivity index (χ3v) is 4.79. The Balaban J connectivity index is 2.08. The molecule has 0 fully saturated rings. The number of halogens is 1. The fourth-order valence-corrected chi connectivity index (χ4v) is 3.42. The van der Waals surface area contributed by atoms with E-state index in [-0.39, 0.29) is 5.28 Å². The molecule has 0 aliphatic heterocycles. The summed E-state index contributed by atoms with van der Waals surface area (Å²) in [6.07, 6.45) is 0. The zero-order valence-electron chi connectivity index (χ0n) is 14.4. The molecular weight excluding hydrogens is 380 g/mol. The minimum absolute atomic E-state index is 0.0636. The molecule has 2 heterocycles. The number of nitrogens with zero attached hydrogens (tertiary/aromatic N) is 3. The molecule has 2 aromatic heterocycles. The van der Waals surface area contributed by atoms with Crippen molar-refractivity contribution in [2.24, 2.45) is 0 Å². The number of benzene rings is 1. The lowest BCUT2D eigenvalue weighted by molar-refractivity contribution is 0.0605. The zero-order chi connectivity index (χ0) is 18.8. The van der Waals surface area contributed by atoms with Crippen molar-refractivity contribution in [3.63, 3.8) is 0 Å². The van der Waals surface area contributed by atoms with Crippen LogP contribution in [0.1, 0.15) is 15.4 Å². The fraction of sp³-hybridized carbons (Fsp3) is 0.250. The molecule has 0 bridgehead atoms. The van der Waals surface area contributed by atoms with E-state index in [0.717, 1.165) is 11.3 Å². The molecular formula is C16H15ClN4O4S. The Bertz CT molecular complexity index is 992. The lowest BCUT2D eigenvalue weighted by atomic mass is 10.2. The van der Waals surface area contributed by atoms with Gasteiger partial charge in [-0.25, -0.2) is 14.8 Å². The van der Waals surface area contributed by atoms with Gasteiger partial charge >= 0.3 is 5.97 Å². The fourth-order valence-electron chi connectivity index (χ4n) is 2.36. The van der Waals surface area contributed by atoms with E-state index in [4.69, 9.17) is 25.8 Å². The topological polar surface area (TPSA) is 95.5 Å². The molecule has 1 N–H and O–H groups in total. The van der Waals surface area contributed by atoms with Crippen LogP contribution in [0.4, 0.5) is 10.9 Å². The average Bonchev–Trinajstić information content (AvgIpc) is 3.00. The van der Waals surface area contributed by atoms with E-state index in [1.807, 2.05) is 0 Å². The van der Waals surface area contributed by atoms with Gasteiger partial charge in [0.1, 0.15) is 10.7 Å². The summed E-state index contributed by atoms with van der Waals surface area (Å²) in [6.45, 7) is 1.73. The second-order valence-electron chi connectivity index (χ2n) is 5.12. The Morgan fingerprint density at radius 3 is 2.46 bits per heavy atom. The molecule has 0 radical (unpaired) electrons. The largest absolute Gasteiger partial charge is 0.493 e. The Kier molecular flexibility index (Phi) is 5.10. The Morgan fingerprint density at radius 2 is 1.81 bits per heavy atom. The summed E-state index contributed by atoms with van der Waals surface area (Å²) in [5.74, 6) is 1.05. The van der Waals surface area contributed by atoms with Gasteiger partial charge in [0, 0.05) is 11.5 Å². The van der Waals surface area contributed by atoms with E-state index in [2.05, 4.69) is 20.3 Å². The van der Waals surface area contributed by atoms with Crippen LogP contribution >= 0.6 is 22.9 Å². The Hall–Kier alpha value is -2.65. The minimum atomic E-state index is -0.440.